The lowest BCUT2D eigenvalue weighted by Crippen LogP contribution is -2.49. The maximum atomic E-state index is 5.60. The van der Waals surface area contributed by atoms with Gasteiger partial charge in [-0.25, -0.2) is 0 Å². The van der Waals surface area contributed by atoms with Crippen molar-refractivity contribution in [3.63, 3.8) is 0 Å². The number of nitrogens with zero attached hydrogens (tertiary/aromatic N) is 1. The van der Waals surface area contributed by atoms with E-state index in [1.807, 2.05) is 0 Å². The van der Waals surface area contributed by atoms with Crippen LogP contribution in [0.15, 0.2) is 48.5 Å². The van der Waals surface area contributed by atoms with Crippen molar-refractivity contribution in [3.05, 3.63) is 65.2 Å². The second kappa shape index (κ2) is 9.31. The van der Waals surface area contributed by atoms with Crippen LogP contribution in [0.5, 0.6) is 0 Å². The normalized spacial score (nSPS) is 17.1. The van der Waals surface area contributed by atoms with E-state index in [-0.39, 0.29) is 12.1 Å². The van der Waals surface area contributed by atoms with Gasteiger partial charge in [0.25, 0.3) is 0 Å². The monoisotopic (exact) mass is 383 g/mol. The molecular weight excluding hydrogens is 354 g/mol. The van der Waals surface area contributed by atoms with E-state index in [9.17, 15) is 0 Å². The Kier molecular flexibility index (Phi) is 6.83. The molecule has 0 aliphatic carbocycles. The van der Waals surface area contributed by atoms with Gasteiger partial charge >= 0.3 is 0 Å². The van der Waals surface area contributed by atoms with Gasteiger partial charge in [0.1, 0.15) is 0 Å². The van der Waals surface area contributed by atoms with Gasteiger partial charge in [-0.2, -0.15) is 0 Å². The lowest BCUT2D eigenvalue weighted by Gasteiger charge is -2.38. The minimum Gasteiger partial charge on any atom is -0.379 e. The first-order valence-corrected chi connectivity index (χ1v) is 9.96. The van der Waals surface area contributed by atoms with Crippen LogP contribution in [0.4, 0.5) is 5.69 Å². The van der Waals surface area contributed by atoms with Crippen LogP contribution in [0.3, 0.4) is 0 Å². The first-order chi connectivity index (χ1) is 13.0. The van der Waals surface area contributed by atoms with E-state index >= 15 is 0 Å². The number of morpholine rings is 1. The summed E-state index contributed by atoms with van der Waals surface area (Å²) in [7, 11) is 0. The zero-order valence-electron chi connectivity index (χ0n) is 16.4. The van der Waals surface area contributed by atoms with E-state index < -0.39 is 0 Å². The molecule has 2 atom stereocenters. The van der Waals surface area contributed by atoms with E-state index in [2.05, 4.69) is 84.8 Å². The molecular formula is C22H29N3OS. The largest absolute Gasteiger partial charge is 0.379 e. The zero-order chi connectivity index (χ0) is 19.2. The maximum Gasteiger partial charge on any atom is 0.171 e. The van der Waals surface area contributed by atoms with Crippen LogP contribution in [0.1, 0.15) is 29.7 Å². The van der Waals surface area contributed by atoms with Crippen molar-refractivity contribution in [1.29, 1.82) is 0 Å². The van der Waals surface area contributed by atoms with Crippen molar-refractivity contribution in [2.75, 3.05) is 31.6 Å². The number of anilines is 1. The summed E-state index contributed by atoms with van der Waals surface area (Å²) >= 11 is 5.60. The van der Waals surface area contributed by atoms with Crippen molar-refractivity contribution >= 4 is 23.0 Å². The highest BCUT2D eigenvalue weighted by molar-refractivity contribution is 7.80. The summed E-state index contributed by atoms with van der Waals surface area (Å²) < 4.78 is 5.55. The Bertz CT molecular complexity index is 739. The average Bonchev–Trinajstić information content (AvgIpc) is 2.62. The fraction of sp³-hybridized carbons (Fsp3) is 0.409. The van der Waals surface area contributed by atoms with Crippen molar-refractivity contribution in [2.24, 2.45) is 0 Å². The molecule has 2 N–H and O–H groups in total. The first-order valence-electron chi connectivity index (χ1n) is 9.55. The van der Waals surface area contributed by atoms with Gasteiger partial charge < -0.3 is 15.4 Å². The smallest absolute Gasteiger partial charge is 0.171 e. The number of thiocarbonyl (C=S) groups is 1. The Morgan fingerprint density at radius 2 is 1.67 bits per heavy atom. The second-order valence-corrected chi connectivity index (χ2v) is 7.68. The summed E-state index contributed by atoms with van der Waals surface area (Å²) in [5, 5.41) is 7.50. The average molecular weight is 384 g/mol. The fourth-order valence-electron chi connectivity index (χ4n) is 3.82. The SMILES string of the molecule is Cc1cc(C)cc(NC(=S)N[C@H](C)[C@H](c2ccccc2)N2CCOCC2)c1. The molecule has 5 heteroatoms. The molecule has 0 bridgehead atoms. The van der Waals surface area contributed by atoms with Crippen LogP contribution < -0.4 is 10.6 Å². The Morgan fingerprint density at radius 1 is 1.04 bits per heavy atom. The maximum absolute atomic E-state index is 5.60. The van der Waals surface area contributed by atoms with Crippen molar-refractivity contribution < 1.29 is 4.74 Å². The number of aryl methyl sites for hydroxylation is 2. The van der Waals surface area contributed by atoms with Crippen LogP contribution in [0.25, 0.3) is 0 Å². The van der Waals surface area contributed by atoms with Gasteiger partial charge in [-0.05, 0) is 61.8 Å². The number of rotatable bonds is 5. The van der Waals surface area contributed by atoms with E-state index in [4.69, 9.17) is 17.0 Å². The summed E-state index contributed by atoms with van der Waals surface area (Å²) in [6, 6.07) is 17.4. The summed E-state index contributed by atoms with van der Waals surface area (Å²) in [5.74, 6) is 0. The number of benzene rings is 2. The van der Waals surface area contributed by atoms with Gasteiger partial charge in [-0.15, -0.1) is 0 Å². The molecule has 1 aliphatic rings. The predicted octanol–water partition coefficient (Wildman–Crippen LogP) is 4.05. The molecule has 144 valence electrons. The molecule has 2 aromatic carbocycles. The molecule has 1 saturated heterocycles. The molecule has 27 heavy (non-hydrogen) atoms. The molecule has 0 spiro atoms. The third-order valence-electron chi connectivity index (χ3n) is 4.89. The van der Waals surface area contributed by atoms with Gasteiger partial charge in [0.2, 0.25) is 0 Å². The summed E-state index contributed by atoms with van der Waals surface area (Å²) in [6.07, 6.45) is 0. The highest BCUT2D eigenvalue weighted by atomic mass is 32.1. The highest BCUT2D eigenvalue weighted by Gasteiger charge is 2.28. The lowest BCUT2D eigenvalue weighted by atomic mass is 9.98. The number of ether oxygens (including phenoxy) is 1. The summed E-state index contributed by atoms with van der Waals surface area (Å²) in [5.41, 5.74) is 4.78. The quantitative estimate of drug-likeness (QED) is 0.762. The Balaban J connectivity index is 1.71. The molecule has 2 aromatic rings. The molecule has 0 aromatic heterocycles. The Hall–Kier alpha value is -1.95. The summed E-state index contributed by atoms with van der Waals surface area (Å²) in [6.45, 7) is 9.82. The Morgan fingerprint density at radius 3 is 2.30 bits per heavy atom. The number of nitrogens with one attached hydrogen (secondary N) is 2. The second-order valence-electron chi connectivity index (χ2n) is 7.27. The Labute approximate surface area is 167 Å². The molecule has 1 heterocycles. The third-order valence-corrected chi connectivity index (χ3v) is 5.11. The number of hydrogen-bond donors (Lipinski definition) is 2. The molecule has 0 amide bonds. The van der Waals surface area contributed by atoms with E-state index in [1.165, 1.54) is 16.7 Å². The van der Waals surface area contributed by atoms with Crippen LogP contribution in [-0.2, 0) is 4.74 Å². The van der Waals surface area contributed by atoms with Crippen molar-refractivity contribution in [1.82, 2.24) is 10.2 Å². The van der Waals surface area contributed by atoms with Crippen LogP contribution in [-0.4, -0.2) is 42.4 Å². The third kappa shape index (κ3) is 5.51. The van der Waals surface area contributed by atoms with Gasteiger partial charge in [-0.1, -0.05) is 36.4 Å². The standard InChI is InChI=1S/C22H29N3OS/c1-16-13-17(2)15-20(14-16)24-22(27)23-18(3)21(19-7-5-4-6-8-19)25-9-11-26-12-10-25/h4-8,13-15,18,21H,9-12H2,1-3H3,(H2,23,24,27)/t18-,21-/m1/s1. The van der Waals surface area contributed by atoms with E-state index in [0.29, 0.717) is 5.11 Å². The molecule has 0 saturated carbocycles. The van der Waals surface area contributed by atoms with Crippen molar-refractivity contribution in [3.8, 4) is 0 Å². The van der Waals surface area contributed by atoms with Gasteiger partial charge in [-0.3, -0.25) is 4.90 Å². The van der Waals surface area contributed by atoms with Gasteiger partial charge in [0.05, 0.1) is 19.3 Å². The predicted molar refractivity (Wildman–Crippen MR) is 116 cm³/mol. The fourth-order valence-corrected chi connectivity index (χ4v) is 4.13. The van der Waals surface area contributed by atoms with Crippen molar-refractivity contribution in [2.45, 2.75) is 32.9 Å². The van der Waals surface area contributed by atoms with Gasteiger partial charge in [0.15, 0.2) is 5.11 Å². The molecule has 0 radical (unpaired) electrons. The molecule has 0 unspecified atom stereocenters. The van der Waals surface area contributed by atoms with Crippen LogP contribution in [0.2, 0.25) is 0 Å². The van der Waals surface area contributed by atoms with E-state index in [0.717, 1.165) is 32.0 Å². The van der Waals surface area contributed by atoms with Crippen LogP contribution in [0, 0.1) is 13.8 Å². The topological polar surface area (TPSA) is 36.5 Å². The lowest BCUT2D eigenvalue weighted by molar-refractivity contribution is 0.0102. The first kappa shape index (κ1) is 19.8. The van der Waals surface area contributed by atoms with Crippen LogP contribution >= 0.6 is 12.2 Å². The van der Waals surface area contributed by atoms with Gasteiger partial charge in [0, 0.05) is 24.8 Å². The summed E-state index contributed by atoms with van der Waals surface area (Å²) in [4.78, 5) is 2.48. The molecule has 4 nitrogen and oxygen atoms in total. The molecule has 3 rings (SSSR count). The molecule has 1 aliphatic heterocycles. The number of hydrogen-bond acceptors (Lipinski definition) is 3. The highest BCUT2D eigenvalue weighted by Crippen LogP contribution is 2.25. The zero-order valence-corrected chi connectivity index (χ0v) is 17.2. The molecule has 1 fully saturated rings. The van der Waals surface area contributed by atoms with E-state index in [1.54, 1.807) is 0 Å². The minimum atomic E-state index is 0.163. The minimum absolute atomic E-state index is 0.163.